The SMILES string of the molecule is CC(O)C(C)Sc1ccncc1[N+](=O)[O-]. The summed E-state index contributed by atoms with van der Waals surface area (Å²) in [4.78, 5) is 14.4. The fraction of sp³-hybridized carbons (Fsp3) is 0.444. The van der Waals surface area contributed by atoms with Crippen LogP contribution in [0.2, 0.25) is 0 Å². The third-order valence-electron chi connectivity index (χ3n) is 1.95. The lowest BCUT2D eigenvalue weighted by Gasteiger charge is -2.13. The highest BCUT2D eigenvalue weighted by molar-refractivity contribution is 8.00. The number of hydrogen-bond donors (Lipinski definition) is 1. The quantitative estimate of drug-likeness (QED) is 0.483. The van der Waals surface area contributed by atoms with E-state index in [4.69, 9.17) is 0 Å². The zero-order valence-corrected chi connectivity index (χ0v) is 9.27. The molecule has 0 bridgehead atoms. The summed E-state index contributed by atoms with van der Waals surface area (Å²) in [5, 5.41) is 19.9. The lowest BCUT2D eigenvalue weighted by molar-refractivity contribution is -0.388. The maximum atomic E-state index is 10.7. The van der Waals surface area contributed by atoms with Gasteiger partial charge in [0.25, 0.3) is 0 Å². The van der Waals surface area contributed by atoms with Gasteiger partial charge in [-0.15, -0.1) is 11.8 Å². The highest BCUT2D eigenvalue weighted by Crippen LogP contribution is 2.31. The fourth-order valence-electron chi connectivity index (χ4n) is 0.909. The van der Waals surface area contributed by atoms with Crippen molar-refractivity contribution in [1.29, 1.82) is 0 Å². The van der Waals surface area contributed by atoms with Gasteiger partial charge in [0.1, 0.15) is 6.20 Å². The Balaban J connectivity index is 2.89. The zero-order chi connectivity index (χ0) is 11.4. The van der Waals surface area contributed by atoms with Crippen LogP contribution >= 0.6 is 11.8 Å². The van der Waals surface area contributed by atoms with Gasteiger partial charge in [-0.2, -0.15) is 0 Å². The minimum atomic E-state index is -0.511. The highest BCUT2D eigenvalue weighted by Gasteiger charge is 2.18. The van der Waals surface area contributed by atoms with Gasteiger partial charge in [0.2, 0.25) is 0 Å². The standard InChI is InChI=1S/C9H12N2O3S/c1-6(12)7(2)15-9-3-4-10-5-8(9)11(13)14/h3-7,12H,1-2H3. The molecule has 0 saturated heterocycles. The molecule has 5 nitrogen and oxygen atoms in total. The van der Waals surface area contributed by atoms with Gasteiger partial charge in [-0.05, 0) is 13.0 Å². The van der Waals surface area contributed by atoms with Gasteiger partial charge in [-0.1, -0.05) is 6.92 Å². The largest absolute Gasteiger partial charge is 0.392 e. The number of aliphatic hydroxyl groups is 1. The van der Waals surface area contributed by atoms with E-state index < -0.39 is 11.0 Å². The predicted octanol–water partition coefficient (Wildman–Crippen LogP) is 1.85. The molecule has 0 saturated carbocycles. The van der Waals surface area contributed by atoms with Crippen molar-refractivity contribution < 1.29 is 10.0 Å². The average Bonchev–Trinajstić information content (AvgIpc) is 2.18. The van der Waals surface area contributed by atoms with Crippen molar-refractivity contribution in [1.82, 2.24) is 4.98 Å². The monoisotopic (exact) mass is 228 g/mol. The number of aromatic nitrogens is 1. The number of pyridine rings is 1. The van der Waals surface area contributed by atoms with Crippen molar-refractivity contribution in [2.24, 2.45) is 0 Å². The van der Waals surface area contributed by atoms with E-state index in [1.165, 1.54) is 24.2 Å². The molecule has 15 heavy (non-hydrogen) atoms. The summed E-state index contributed by atoms with van der Waals surface area (Å²) in [7, 11) is 0. The molecule has 2 atom stereocenters. The van der Waals surface area contributed by atoms with Gasteiger partial charge in [-0.3, -0.25) is 15.1 Å². The maximum absolute atomic E-state index is 10.7. The van der Waals surface area contributed by atoms with Crippen molar-refractivity contribution in [3.8, 4) is 0 Å². The Kier molecular flexibility index (Phi) is 4.05. The normalized spacial score (nSPS) is 14.6. The number of rotatable bonds is 4. The second-order valence-corrected chi connectivity index (χ2v) is 4.58. The molecule has 0 amide bonds. The molecular weight excluding hydrogens is 216 g/mol. The van der Waals surface area contributed by atoms with Crippen LogP contribution in [0.15, 0.2) is 23.4 Å². The summed E-state index contributed by atoms with van der Waals surface area (Å²) in [5.41, 5.74) is -0.0185. The molecule has 1 aromatic heterocycles. The first-order valence-corrected chi connectivity index (χ1v) is 5.33. The van der Waals surface area contributed by atoms with E-state index >= 15 is 0 Å². The molecule has 6 heteroatoms. The fourth-order valence-corrected chi connectivity index (χ4v) is 1.89. The predicted molar refractivity (Wildman–Crippen MR) is 57.9 cm³/mol. The molecule has 0 radical (unpaired) electrons. The van der Waals surface area contributed by atoms with E-state index in [2.05, 4.69) is 4.98 Å². The Bertz CT molecular complexity index is 357. The Morgan fingerprint density at radius 1 is 1.60 bits per heavy atom. The molecule has 2 unspecified atom stereocenters. The summed E-state index contributed by atoms with van der Waals surface area (Å²) in [5.74, 6) is 0. The highest BCUT2D eigenvalue weighted by atomic mass is 32.2. The number of nitro groups is 1. The lowest BCUT2D eigenvalue weighted by atomic mass is 10.3. The Morgan fingerprint density at radius 2 is 2.27 bits per heavy atom. The minimum absolute atomic E-state index is 0.0185. The third-order valence-corrected chi connectivity index (χ3v) is 3.31. The molecule has 0 fully saturated rings. The number of thioether (sulfide) groups is 1. The van der Waals surface area contributed by atoms with Crippen molar-refractivity contribution in [3.05, 3.63) is 28.6 Å². The van der Waals surface area contributed by atoms with Gasteiger partial charge in [0.15, 0.2) is 0 Å². The van der Waals surface area contributed by atoms with Crippen molar-refractivity contribution >= 4 is 17.4 Å². The first-order chi connectivity index (χ1) is 7.02. The average molecular weight is 228 g/mol. The van der Waals surface area contributed by atoms with Crippen molar-refractivity contribution in [2.45, 2.75) is 30.1 Å². The first-order valence-electron chi connectivity index (χ1n) is 4.45. The van der Waals surface area contributed by atoms with Crippen LogP contribution in [-0.2, 0) is 0 Å². The van der Waals surface area contributed by atoms with E-state index in [0.717, 1.165) is 0 Å². The molecule has 1 heterocycles. The zero-order valence-electron chi connectivity index (χ0n) is 8.45. The van der Waals surface area contributed by atoms with Crippen LogP contribution in [0.25, 0.3) is 0 Å². The van der Waals surface area contributed by atoms with Gasteiger partial charge in [0.05, 0.1) is 15.9 Å². The van der Waals surface area contributed by atoms with Crippen LogP contribution < -0.4 is 0 Å². The van der Waals surface area contributed by atoms with Crippen LogP contribution in [-0.4, -0.2) is 26.4 Å². The molecule has 1 aromatic rings. The number of hydrogen-bond acceptors (Lipinski definition) is 5. The number of aliphatic hydroxyl groups excluding tert-OH is 1. The molecule has 1 rings (SSSR count). The van der Waals surface area contributed by atoms with Gasteiger partial charge in [-0.25, -0.2) is 0 Å². The van der Waals surface area contributed by atoms with E-state index in [1.807, 2.05) is 6.92 Å². The molecule has 0 aromatic carbocycles. The Hall–Kier alpha value is -1.14. The topological polar surface area (TPSA) is 76.3 Å². The van der Waals surface area contributed by atoms with Gasteiger partial charge in [0, 0.05) is 11.4 Å². The van der Waals surface area contributed by atoms with E-state index in [-0.39, 0.29) is 10.9 Å². The van der Waals surface area contributed by atoms with Crippen LogP contribution in [0.4, 0.5) is 5.69 Å². The summed E-state index contributed by atoms with van der Waals surface area (Å²) in [6.45, 7) is 3.48. The molecule has 0 aliphatic carbocycles. The maximum Gasteiger partial charge on any atom is 0.300 e. The lowest BCUT2D eigenvalue weighted by Crippen LogP contribution is -2.15. The second kappa shape index (κ2) is 5.09. The summed E-state index contributed by atoms with van der Waals surface area (Å²) in [6.07, 6.45) is 2.21. The van der Waals surface area contributed by atoms with Crippen molar-refractivity contribution in [2.75, 3.05) is 0 Å². The first kappa shape index (κ1) is 11.9. The summed E-state index contributed by atoms with van der Waals surface area (Å²) in [6, 6.07) is 1.58. The smallest absolute Gasteiger partial charge is 0.300 e. The molecule has 0 aliphatic heterocycles. The Labute approximate surface area is 91.7 Å². The van der Waals surface area contributed by atoms with Crippen molar-refractivity contribution in [3.63, 3.8) is 0 Å². The molecule has 0 aliphatic rings. The van der Waals surface area contributed by atoms with E-state index in [9.17, 15) is 15.2 Å². The molecular formula is C9H12N2O3S. The molecule has 0 spiro atoms. The van der Waals surface area contributed by atoms with Gasteiger partial charge < -0.3 is 5.11 Å². The number of nitrogens with zero attached hydrogens (tertiary/aromatic N) is 2. The van der Waals surface area contributed by atoms with E-state index in [1.54, 1.807) is 13.0 Å². The summed E-state index contributed by atoms with van der Waals surface area (Å²) >= 11 is 1.27. The van der Waals surface area contributed by atoms with Gasteiger partial charge >= 0.3 is 5.69 Å². The van der Waals surface area contributed by atoms with E-state index in [0.29, 0.717) is 4.90 Å². The van der Waals surface area contributed by atoms with Crippen LogP contribution in [0.1, 0.15) is 13.8 Å². The molecule has 82 valence electrons. The summed E-state index contributed by atoms with van der Waals surface area (Å²) < 4.78 is 0. The van der Waals surface area contributed by atoms with Crippen LogP contribution in [0.3, 0.4) is 0 Å². The second-order valence-electron chi connectivity index (χ2n) is 3.16. The third kappa shape index (κ3) is 3.17. The van der Waals surface area contributed by atoms with Crippen LogP contribution in [0, 0.1) is 10.1 Å². The minimum Gasteiger partial charge on any atom is -0.392 e. The van der Waals surface area contributed by atoms with Crippen LogP contribution in [0.5, 0.6) is 0 Å². The Morgan fingerprint density at radius 3 is 2.80 bits per heavy atom. The molecule has 1 N–H and O–H groups in total.